The topological polar surface area (TPSA) is 76.2 Å². The Labute approximate surface area is 205 Å². The van der Waals surface area contributed by atoms with Gasteiger partial charge in [0.25, 0.3) is 0 Å². The number of amides is 1. The third-order valence-corrected chi connectivity index (χ3v) is 10.2. The Morgan fingerprint density at radius 3 is 2.09 bits per heavy atom. The number of carbonyl (C=O) groups excluding carboxylic acids is 1. The zero-order chi connectivity index (χ0) is 24.9. The summed E-state index contributed by atoms with van der Waals surface area (Å²) in [6.07, 6.45) is 5.05. The Morgan fingerprint density at radius 1 is 1.03 bits per heavy atom. The van der Waals surface area contributed by atoms with Crippen LogP contribution in [0, 0.1) is 25.7 Å². The Kier molecular flexibility index (Phi) is 9.41. The minimum atomic E-state index is -3.50. The van der Waals surface area contributed by atoms with Crippen LogP contribution in [0.5, 0.6) is 5.75 Å². The molecule has 1 amide bonds. The van der Waals surface area contributed by atoms with Gasteiger partial charge < -0.3 is 19.3 Å². The summed E-state index contributed by atoms with van der Waals surface area (Å²) in [6.45, 7) is 9.53. The van der Waals surface area contributed by atoms with Crippen molar-refractivity contribution in [2.45, 2.75) is 63.0 Å². The predicted octanol–water partition coefficient (Wildman–Crippen LogP) is 3.46. The van der Waals surface area contributed by atoms with Crippen LogP contribution in [0.25, 0.3) is 0 Å². The van der Waals surface area contributed by atoms with Gasteiger partial charge in [-0.25, -0.2) is 8.42 Å². The normalized spacial score (nSPS) is 19.9. The fraction of sp³-hybridized carbons (Fsp3) is 0.731. The quantitative estimate of drug-likeness (QED) is 0.490. The van der Waals surface area contributed by atoms with E-state index in [1.165, 1.54) is 25.9 Å². The van der Waals surface area contributed by atoms with E-state index >= 15 is 0 Å². The molecule has 0 bridgehead atoms. The van der Waals surface area contributed by atoms with E-state index in [9.17, 15) is 13.2 Å². The highest BCUT2D eigenvalue weighted by Crippen LogP contribution is 2.32. The monoisotopic (exact) mass is 494 g/mol. The predicted molar refractivity (Wildman–Crippen MR) is 134 cm³/mol. The number of rotatable bonds is 9. The number of sulfone groups is 1. The molecule has 2 heterocycles. The lowest BCUT2D eigenvalue weighted by molar-refractivity contribution is -0.137. The van der Waals surface area contributed by atoms with Crippen molar-refractivity contribution in [1.82, 2.24) is 9.80 Å². The van der Waals surface area contributed by atoms with Crippen molar-refractivity contribution < 1.29 is 22.7 Å². The molecule has 1 aromatic rings. The van der Waals surface area contributed by atoms with E-state index in [2.05, 4.69) is 11.9 Å². The number of ether oxygens (including phenoxy) is 2. The number of benzene rings is 1. The van der Waals surface area contributed by atoms with Gasteiger partial charge in [0.15, 0.2) is 9.84 Å². The zero-order valence-electron chi connectivity index (χ0n) is 21.5. The number of hydrogen-bond acceptors (Lipinski definition) is 6. The Bertz CT molecular complexity index is 910. The highest BCUT2D eigenvalue weighted by molar-refractivity contribution is 7.92. The van der Waals surface area contributed by atoms with Crippen LogP contribution in [0.4, 0.5) is 0 Å². The second-order valence-electron chi connectivity index (χ2n) is 10.1. The van der Waals surface area contributed by atoms with Crippen LogP contribution >= 0.6 is 0 Å². The number of aryl methyl sites for hydroxylation is 2. The molecule has 1 unspecified atom stereocenters. The van der Waals surface area contributed by atoms with Gasteiger partial charge in [-0.2, -0.15) is 0 Å². The van der Waals surface area contributed by atoms with E-state index < -0.39 is 15.1 Å². The number of nitrogens with zero attached hydrogens (tertiary/aromatic N) is 2. The first-order valence-electron chi connectivity index (χ1n) is 12.6. The first kappa shape index (κ1) is 27.0. The highest BCUT2D eigenvalue weighted by Gasteiger charge is 2.30. The van der Waals surface area contributed by atoms with Crippen molar-refractivity contribution >= 4 is 15.7 Å². The lowest BCUT2D eigenvalue weighted by atomic mass is 9.79. The number of likely N-dealkylation sites (tertiary alicyclic amines) is 2. The average Bonchev–Trinajstić information content (AvgIpc) is 2.81. The molecule has 2 fully saturated rings. The van der Waals surface area contributed by atoms with Crippen LogP contribution in [0.1, 0.15) is 50.2 Å². The first-order chi connectivity index (χ1) is 16.1. The number of carbonyl (C=O) groups is 1. The van der Waals surface area contributed by atoms with Gasteiger partial charge in [0.05, 0.1) is 17.3 Å². The van der Waals surface area contributed by atoms with Gasteiger partial charge in [0.2, 0.25) is 5.91 Å². The Balaban J connectivity index is 1.42. The molecule has 7 nitrogen and oxygen atoms in total. The molecule has 192 valence electrons. The molecule has 0 spiro atoms. The summed E-state index contributed by atoms with van der Waals surface area (Å²) in [5, 5.41) is -0.598. The molecule has 2 saturated heterocycles. The fourth-order valence-electron chi connectivity index (χ4n) is 5.45. The van der Waals surface area contributed by atoms with Crippen molar-refractivity contribution in [3.8, 4) is 5.75 Å². The molecule has 0 N–H and O–H groups in total. The molecule has 3 rings (SSSR count). The molecule has 0 saturated carbocycles. The minimum Gasteiger partial charge on any atom is -0.497 e. The van der Waals surface area contributed by atoms with Gasteiger partial charge in [-0.3, -0.25) is 4.79 Å². The summed E-state index contributed by atoms with van der Waals surface area (Å²) >= 11 is 0. The molecule has 0 aliphatic carbocycles. The van der Waals surface area contributed by atoms with E-state index in [1.54, 1.807) is 40.0 Å². The van der Waals surface area contributed by atoms with Crippen LogP contribution < -0.4 is 4.74 Å². The lowest BCUT2D eigenvalue weighted by Gasteiger charge is -2.39. The van der Waals surface area contributed by atoms with E-state index in [4.69, 9.17) is 9.47 Å². The van der Waals surface area contributed by atoms with E-state index in [-0.39, 0.29) is 19.1 Å². The number of piperidine rings is 2. The Morgan fingerprint density at radius 2 is 1.56 bits per heavy atom. The smallest absolute Gasteiger partial charge is 0.248 e. The van der Waals surface area contributed by atoms with Gasteiger partial charge in [-0.05, 0) is 108 Å². The van der Waals surface area contributed by atoms with Crippen molar-refractivity contribution in [1.29, 1.82) is 0 Å². The van der Waals surface area contributed by atoms with Crippen LogP contribution in [-0.4, -0.2) is 82.9 Å². The summed E-state index contributed by atoms with van der Waals surface area (Å²) in [7, 11) is 0.259. The molecule has 1 atom stereocenters. The minimum absolute atomic E-state index is 0.0131. The average molecular weight is 495 g/mol. The van der Waals surface area contributed by atoms with Crippen molar-refractivity contribution in [3.05, 3.63) is 23.3 Å². The van der Waals surface area contributed by atoms with Crippen LogP contribution in [0.15, 0.2) is 17.0 Å². The van der Waals surface area contributed by atoms with Gasteiger partial charge in [0, 0.05) is 19.7 Å². The molecule has 2 aliphatic heterocycles. The molecule has 1 aromatic carbocycles. The summed E-state index contributed by atoms with van der Waals surface area (Å²) in [6, 6.07) is 3.50. The maximum Gasteiger partial charge on any atom is 0.248 e. The third kappa shape index (κ3) is 6.52. The van der Waals surface area contributed by atoms with Crippen molar-refractivity contribution in [3.63, 3.8) is 0 Å². The maximum absolute atomic E-state index is 13.2. The van der Waals surface area contributed by atoms with Crippen LogP contribution in [0.3, 0.4) is 0 Å². The van der Waals surface area contributed by atoms with Gasteiger partial charge >= 0.3 is 0 Å². The lowest BCUT2D eigenvalue weighted by Crippen LogP contribution is -2.43. The van der Waals surface area contributed by atoms with Crippen molar-refractivity contribution in [2.75, 3.05) is 53.6 Å². The molecule has 2 aliphatic rings. The van der Waals surface area contributed by atoms with Crippen LogP contribution in [-0.2, 0) is 19.4 Å². The number of methoxy groups -OCH3 is 1. The highest BCUT2D eigenvalue weighted by atomic mass is 32.2. The summed E-state index contributed by atoms with van der Waals surface area (Å²) in [5.74, 6) is 2.19. The SMILES string of the molecule is COc1cc(C)c(S(=O)(=O)C(C)CCOCC(=O)N2CCC(C3CCN(C)CC3)CC2)c(C)c1. The van der Waals surface area contributed by atoms with Crippen LogP contribution in [0.2, 0.25) is 0 Å². The Hall–Kier alpha value is -1.64. The van der Waals surface area contributed by atoms with Gasteiger partial charge in [0.1, 0.15) is 12.4 Å². The summed E-state index contributed by atoms with van der Waals surface area (Å²) in [5.41, 5.74) is 1.37. The van der Waals surface area contributed by atoms with E-state index in [0.717, 1.165) is 37.8 Å². The third-order valence-electron chi connectivity index (χ3n) is 7.70. The largest absolute Gasteiger partial charge is 0.497 e. The van der Waals surface area contributed by atoms with E-state index in [1.807, 2.05) is 4.90 Å². The van der Waals surface area contributed by atoms with Gasteiger partial charge in [-0.15, -0.1) is 0 Å². The molecular weight excluding hydrogens is 452 g/mol. The van der Waals surface area contributed by atoms with E-state index in [0.29, 0.717) is 28.2 Å². The second kappa shape index (κ2) is 11.9. The molecular formula is C26H42N2O5S. The standard InChI is InChI=1S/C26H42N2O5S/c1-19-16-24(32-5)17-20(2)26(19)34(30,31)21(3)10-15-33-18-25(29)28-13-8-23(9-14-28)22-6-11-27(4)12-7-22/h16-17,21-23H,6-15,18H2,1-5H3. The number of hydrogen-bond donors (Lipinski definition) is 0. The van der Waals surface area contributed by atoms with Gasteiger partial charge in [-0.1, -0.05) is 0 Å². The molecule has 0 radical (unpaired) electrons. The molecule has 8 heteroatoms. The summed E-state index contributed by atoms with van der Waals surface area (Å²) in [4.78, 5) is 17.3. The maximum atomic E-state index is 13.2. The molecule has 0 aromatic heterocycles. The first-order valence-corrected chi connectivity index (χ1v) is 14.1. The van der Waals surface area contributed by atoms with Crippen molar-refractivity contribution in [2.24, 2.45) is 11.8 Å². The summed E-state index contributed by atoms with van der Waals surface area (Å²) < 4.78 is 37.2. The zero-order valence-corrected chi connectivity index (χ0v) is 22.3. The second-order valence-corrected chi connectivity index (χ2v) is 12.4. The fourth-order valence-corrected chi connectivity index (χ4v) is 7.28. The molecule has 34 heavy (non-hydrogen) atoms.